The first kappa shape index (κ1) is 11.9. The molecule has 0 bridgehead atoms. The van der Waals surface area contributed by atoms with Gasteiger partial charge in [0.2, 0.25) is 0 Å². The molecule has 0 atom stereocenters. The molecule has 0 spiro atoms. The Morgan fingerprint density at radius 3 is 2.82 bits per heavy atom. The van der Waals surface area contributed by atoms with Crippen molar-refractivity contribution < 1.29 is 9.90 Å². The molecule has 17 heavy (non-hydrogen) atoms. The number of nitrogens with zero attached hydrogens (tertiary/aromatic N) is 1. The maximum atomic E-state index is 10.7. The highest BCUT2D eigenvalue weighted by atomic mass is 16.4. The summed E-state index contributed by atoms with van der Waals surface area (Å²) in [6, 6.07) is 8.45. The van der Waals surface area contributed by atoms with Gasteiger partial charge in [-0.3, -0.25) is 4.90 Å². The van der Waals surface area contributed by atoms with Crippen molar-refractivity contribution in [3.63, 3.8) is 0 Å². The molecule has 90 valence electrons. The second-order valence-corrected chi connectivity index (χ2v) is 4.45. The van der Waals surface area contributed by atoms with Gasteiger partial charge in [-0.15, -0.1) is 0 Å². The molecule has 0 amide bonds. The van der Waals surface area contributed by atoms with Gasteiger partial charge in [0, 0.05) is 25.2 Å². The minimum Gasteiger partial charge on any atom is -0.478 e. The Labute approximate surface area is 101 Å². The van der Waals surface area contributed by atoms with E-state index in [9.17, 15) is 4.79 Å². The first-order chi connectivity index (χ1) is 8.16. The topological polar surface area (TPSA) is 40.5 Å². The van der Waals surface area contributed by atoms with E-state index in [1.165, 1.54) is 11.1 Å². The summed E-state index contributed by atoms with van der Waals surface area (Å²) < 4.78 is 0. The van der Waals surface area contributed by atoms with Gasteiger partial charge in [0.1, 0.15) is 0 Å². The van der Waals surface area contributed by atoms with E-state index in [0.29, 0.717) is 12.1 Å². The van der Waals surface area contributed by atoms with E-state index >= 15 is 0 Å². The number of aliphatic carboxylic acids is 1. The van der Waals surface area contributed by atoms with E-state index in [4.69, 9.17) is 5.11 Å². The van der Waals surface area contributed by atoms with Crippen molar-refractivity contribution in [3.8, 4) is 0 Å². The van der Waals surface area contributed by atoms with Crippen molar-refractivity contribution >= 4 is 5.97 Å². The van der Waals surface area contributed by atoms with Crippen LogP contribution in [-0.2, 0) is 17.8 Å². The molecular formula is C14H17NO2. The second kappa shape index (κ2) is 5.15. The number of fused-ring (bicyclic) bond motifs is 1. The summed E-state index contributed by atoms with van der Waals surface area (Å²) in [6.45, 7) is 4.27. The van der Waals surface area contributed by atoms with Gasteiger partial charge in [0.15, 0.2) is 0 Å². The highest BCUT2D eigenvalue weighted by Gasteiger charge is 2.14. The molecule has 1 aliphatic heterocycles. The summed E-state index contributed by atoms with van der Waals surface area (Å²) in [5, 5.41) is 8.78. The summed E-state index contributed by atoms with van der Waals surface area (Å²) in [5.41, 5.74) is 3.20. The average Bonchev–Trinajstić information content (AvgIpc) is 2.35. The van der Waals surface area contributed by atoms with Crippen LogP contribution in [0.5, 0.6) is 0 Å². The Bertz CT molecular complexity index is 451. The van der Waals surface area contributed by atoms with E-state index in [1.807, 2.05) is 0 Å². The Hall–Kier alpha value is -1.61. The van der Waals surface area contributed by atoms with Gasteiger partial charge >= 0.3 is 5.97 Å². The quantitative estimate of drug-likeness (QED) is 0.810. The minimum absolute atomic E-state index is 0.420. The fourth-order valence-corrected chi connectivity index (χ4v) is 2.06. The van der Waals surface area contributed by atoms with Crippen LogP contribution in [0.3, 0.4) is 0 Å². The Morgan fingerprint density at radius 2 is 2.12 bits per heavy atom. The number of rotatable bonds is 3. The summed E-state index contributed by atoms with van der Waals surface area (Å²) >= 11 is 0. The highest BCUT2D eigenvalue weighted by Crippen LogP contribution is 2.18. The molecule has 1 heterocycles. The summed E-state index contributed by atoms with van der Waals surface area (Å²) in [4.78, 5) is 13.0. The number of carboxylic acids is 1. The lowest BCUT2D eigenvalue weighted by Gasteiger charge is -2.27. The summed E-state index contributed by atoms with van der Waals surface area (Å²) in [7, 11) is 0. The fourth-order valence-electron chi connectivity index (χ4n) is 2.06. The largest absolute Gasteiger partial charge is 0.478 e. The van der Waals surface area contributed by atoms with Crippen LogP contribution in [0.1, 0.15) is 18.1 Å². The van der Waals surface area contributed by atoms with Crippen LogP contribution in [0.4, 0.5) is 0 Å². The number of carboxylic acid groups (broad SMARTS) is 1. The molecule has 0 fully saturated rings. The van der Waals surface area contributed by atoms with Crippen molar-refractivity contribution in [2.45, 2.75) is 19.9 Å². The first-order valence-corrected chi connectivity index (χ1v) is 5.86. The zero-order valence-corrected chi connectivity index (χ0v) is 10.0. The molecular weight excluding hydrogens is 214 g/mol. The van der Waals surface area contributed by atoms with E-state index in [2.05, 4.69) is 29.2 Å². The van der Waals surface area contributed by atoms with Gasteiger partial charge in [0.25, 0.3) is 0 Å². The van der Waals surface area contributed by atoms with Gasteiger partial charge in [0.05, 0.1) is 0 Å². The lowest BCUT2D eigenvalue weighted by Crippen LogP contribution is -2.30. The number of hydrogen-bond acceptors (Lipinski definition) is 2. The highest BCUT2D eigenvalue weighted by molar-refractivity contribution is 5.85. The molecule has 3 heteroatoms. The zero-order chi connectivity index (χ0) is 12.3. The van der Waals surface area contributed by atoms with Crippen molar-refractivity contribution in [1.82, 2.24) is 4.90 Å². The van der Waals surface area contributed by atoms with Crippen molar-refractivity contribution in [3.05, 3.63) is 47.0 Å². The molecule has 0 radical (unpaired) electrons. The molecule has 2 rings (SSSR count). The molecule has 0 saturated heterocycles. The molecule has 0 aromatic heterocycles. The number of benzene rings is 1. The van der Waals surface area contributed by atoms with Crippen molar-refractivity contribution in [1.29, 1.82) is 0 Å². The lowest BCUT2D eigenvalue weighted by atomic mass is 10.00. The number of hydrogen-bond donors (Lipinski definition) is 1. The van der Waals surface area contributed by atoms with Gasteiger partial charge < -0.3 is 5.11 Å². The normalized spacial score (nSPS) is 16.6. The van der Waals surface area contributed by atoms with Crippen LogP contribution in [0.2, 0.25) is 0 Å². The maximum Gasteiger partial charge on any atom is 0.330 e. The van der Waals surface area contributed by atoms with Crippen molar-refractivity contribution in [2.24, 2.45) is 0 Å². The number of carbonyl (C=O) groups is 1. The Morgan fingerprint density at radius 1 is 1.41 bits per heavy atom. The van der Waals surface area contributed by atoms with Crippen LogP contribution in [0.15, 0.2) is 35.9 Å². The summed E-state index contributed by atoms with van der Waals surface area (Å²) in [6.07, 6.45) is 2.84. The van der Waals surface area contributed by atoms with Crippen LogP contribution in [-0.4, -0.2) is 29.1 Å². The Kier molecular flexibility index (Phi) is 3.59. The smallest absolute Gasteiger partial charge is 0.330 e. The van der Waals surface area contributed by atoms with E-state index in [0.717, 1.165) is 19.5 Å². The standard InChI is InChI=1S/C14H17NO2/c1-11(14(16)17)6-8-15-9-7-12-4-2-3-5-13(12)10-15/h2-6H,7-10H2,1H3,(H,16,17). The van der Waals surface area contributed by atoms with Gasteiger partial charge in [-0.05, 0) is 24.5 Å². The third kappa shape index (κ3) is 2.94. The van der Waals surface area contributed by atoms with Crippen LogP contribution >= 0.6 is 0 Å². The second-order valence-electron chi connectivity index (χ2n) is 4.45. The molecule has 1 aromatic carbocycles. The van der Waals surface area contributed by atoms with E-state index in [1.54, 1.807) is 13.0 Å². The van der Waals surface area contributed by atoms with Crippen LogP contribution in [0, 0.1) is 0 Å². The molecule has 3 nitrogen and oxygen atoms in total. The minimum atomic E-state index is -0.831. The van der Waals surface area contributed by atoms with Crippen LogP contribution < -0.4 is 0 Å². The SMILES string of the molecule is CC(=CCN1CCc2ccccc2C1)C(=O)O. The molecule has 0 unspecified atom stereocenters. The van der Waals surface area contributed by atoms with Gasteiger partial charge in [-0.25, -0.2) is 4.79 Å². The Balaban J connectivity index is 1.99. The fraction of sp³-hybridized carbons (Fsp3) is 0.357. The first-order valence-electron chi connectivity index (χ1n) is 5.86. The summed E-state index contributed by atoms with van der Waals surface area (Å²) in [5.74, 6) is -0.831. The van der Waals surface area contributed by atoms with Crippen molar-refractivity contribution in [2.75, 3.05) is 13.1 Å². The third-order valence-electron chi connectivity index (χ3n) is 3.20. The van der Waals surface area contributed by atoms with Crippen LogP contribution in [0.25, 0.3) is 0 Å². The predicted molar refractivity (Wildman–Crippen MR) is 66.8 cm³/mol. The average molecular weight is 231 g/mol. The van der Waals surface area contributed by atoms with Gasteiger partial charge in [-0.2, -0.15) is 0 Å². The zero-order valence-electron chi connectivity index (χ0n) is 10.0. The predicted octanol–water partition coefficient (Wildman–Crippen LogP) is 2.08. The maximum absolute atomic E-state index is 10.7. The molecule has 1 aromatic rings. The van der Waals surface area contributed by atoms with E-state index in [-0.39, 0.29) is 0 Å². The molecule has 1 N–H and O–H groups in total. The lowest BCUT2D eigenvalue weighted by molar-refractivity contribution is -0.132. The third-order valence-corrected chi connectivity index (χ3v) is 3.20. The molecule has 0 aliphatic carbocycles. The van der Waals surface area contributed by atoms with E-state index < -0.39 is 5.97 Å². The molecule has 1 aliphatic rings. The molecule has 0 saturated carbocycles. The van der Waals surface area contributed by atoms with Gasteiger partial charge in [-0.1, -0.05) is 30.3 Å². The monoisotopic (exact) mass is 231 g/mol.